The maximum absolute atomic E-state index is 11.8. The van der Waals surface area contributed by atoms with Gasteiger partial charge < -0.3 is 24.9 Å². The first-order valence-electron chi connectivity index (χ1n) is 7.94. The van der Waals surface area contributed by atoms with Crippen LogP contribution in [0.25, 0.3) is 22.4 Å². The van der Waals surface area contributed by atoms with Crippen molar-refractivity contribution in [3.63, 3.8) is 0 Å². The van der Waals surface area contributed by atoms with Crippen LogP contribution in [0.1, 0.15) is 0 Å². The van der Waals surface area contributed by atoms with Crippen LogP contribution >= 0.6 is 0 Å². The molecular formula is C19H17N3O5. The number of aromatic nitrogens is 2. The van der Waals surface area contributed by atoms with Gasteiger partial charge in [-0.05, 0) is 30.3 Å². The lowest BCUT2D eigenvalue weighted by Gasteiger charge is -2.08. The highest BCUT2D eigenvalue weighted by molar-refractivity contribution is 5.99. The number of esters is 2. The first-order valence-corrected chi connectivity index (χ1v) is 7.94. The molecule has 1 aromatic heterocycles. The maximum atomic E-state index is 11.8. The lowest BCUT2D eigenvalue weighted by atomic mass is 10.2. The number of benzene rings is 2. The highest BCUT2D eigenvalue weighted by Crippen LogP contribution is 2.25. The Kier molecular flexibility index (Phi) is 5.07. The van der Waals surface area contributed by atoms with Crippen molar-refractivity contribution in [3.05, 3.63) is 54.2 Å². The third-order valence-corrected chi connectivity index (χ3v) is 3.75. The number of hydrogen-bond donors (Lipinski definition) is 3. The molecule has 138 valence electrons. The number of aromatic hydroxyl groups is 1. The number of phenolic OH excluding ortho intramolecular Hbond substituents is 1. The minimum absolute atomic E-state index is 0.0589. The molecule has 0 radical (unpaired) electrons. The Morgan fingerprint density at radius 3 is 2.67 bits per heavy atom. The largest absolute Gasteiger partial charge is 0.508 e. The van der Waals surface area contributed by atoms with Crippen molar-refractivity contribution in [3.8, 4) is 17.1 Å². The monoisotopic (exact) mass is 367 g/mol. The van der Waals surface area contributed by atoms with Gasteiger partial charge >= 0.3 is 11.9 Å². The van der Waals surface area contributed by atoms with Gasteiger partial charge in [0.15, 0.2) is 0 Å². The molecule has 0 fully saturated rings. The van der Waals surface area contributed by atoms with Gasteiger partial charge in [-0.1, -0.05) is 12.1 Å². The summed E-state index contributed by atoms with van der Waals surface area (Å²) in [5, 5.41) is 12.5. The van der Waals surface area contributed by atoms with Gasteiger partial charge in [0.25, 0.3) is 0 Å². The van der Waals surface area contributed by atoms with E-state index in [4.69, 9.17) is 0 Å². The number of phenols is 1. The number of hydrogen-bond acceptors (Lipinski definition) is 7. The Labute approximate surface area is 154 Å². The van der Waals surface area contributed by atoms with Crippen molar-refractivity contribution in [2.75, 3.05) is 19.5 Å². The number of methoxy groups -OCH3 is 2. The van der Waals surface area contributed by atoms with Crippen molar-refractivity contribution >= 4 is 28.7 Å². The summed E-state index contributed by atoms with van der Waals surface area (Å²) in [7, 11) is 2.43. The zero-order chi connectivity index (χ0) is 19.4. The molecule has 0 amide bonds. The number of nitrogens with zero attached hydrogens (tertiary/aromatic N) is 1. The van der Waals surface area contributed by atoms with Crippen LogP contribution < -0.4 is 5.32 Å². The minimum atomic E-state index is -0.703. The van der Waals surface area contributed by atoms with Gasteiger partial charge in [-0.25, -0.2) is 14.6 Å². The average Bonchev–Trinajstić information content (AvgIpc) is 3.10. The van der Waals surface area contributed by atoms with Gasteiger partial charge in [-0.3, -0.25) is 0 Å². The number of aromatic amines is 1. The summed E-state index contributed by atoms with van der Waals surface area (Å²) in [4.78, 5) is 30.9. The molecule has 8 nitrogen and oxygen atoms in total. The summed E-state index contributed by atoms with van der Waals surface area (Å²) < 4.78 is 9.21. The normalized spacial score (nSPS) is 11.3. The van der Waals surface area contributed by atoms with E-state index in [1.807, 2.05) is 6.07 Å². The van der Waals surface area contributed by atoms with E-state index in [1.54, 1.807) is 36.4 Å². The van der Waals surface area contributed by atoms with Crippen molar-refractivity contribution in [1.82, 2.24) is 9.97 Å². The van der Waals surface area contributed by atoms with Gasteiger partial charge in [0.05, 0.1) is 31.3 Å². The lowest BCUT2D eigenvalue weighted by Crippen LogP contribution is -2.15. The molecule has 0 aliphatic carbocycles. The van der Waals surface area contributed by atoms with Crippen LogP contribution in [0.2, 0.25) is 0 Å². The Bertz CT molecular complexity index is 1040. The molecule has 0 saturated carbocycles. The number of rotatable bonds is 5. The summed E-state index contributed by atoms with van der Waals surface area (Å²) in [6.45, 7) is 0. The van der Waals surface area contributed by atoms with Crippen LogP contribution in [0, 0.1) is 0 Å². The molecule has 2 aromatic carbocycles. The van der Waals surface area contributed by atoms with E-state index < -0.39 is 11.9 Å². The number of imidazole rings is 1. The molecule has 3 rings (SSSR count). The van der Waals surface area contributed by atoms with E-state index in [-0.39, 0.29) is 11.4 Å². The fraction of sp³-hybridized carbons (Fsp3) is 0.105. The summed E-state index contributed by atoms with van der Waals surface area (Å²) in [5.41, 5.74) is 2.64. The molecule has 27 heavy (non-hydrogen) atoms. The third kappa shape index (κ3) is 4.06. The molecule has 0 unspecified atom stereocenters. The smallest absolute Gasteiger partial charge is 0.354 e. The summed E-state index contributed by atoms with van der Waals surface area (Å²) in [5.74, 6) is -0.649. The number of H-pyrrole nitrogens is 1. The number of ether oxygens (including phenoxy) is 2. The highest BCUT2D eigenvalue weighted by atomic mass is 16.5. The Balaban J connectivity index is 1.93. The van der Waals surface area contributed by atoms with Crippen LogP contribution in [-0.4, -0.2) is 41.2 Å². The van der Waals surface area contributed by atoms with Crippen LogP contribution in [0.5, 0.6) is 5.75 Å². The second-order valence-electron chi connectivity index (χ2n) is 5.57. The van der Waals surface area contributed by atoms with E-state index in [2.05, 4.69) is 24.8 Å². The Hall–Kier alpha value is -3.81. The standard InChI is InChI=1S/C19H17N3O5/c1-26-17(24)10-16(19(25)27-2)20-12-6-7-14-15(9-12)22-18(21-14)11-4-3-5-13(23)8-11/h3-10,20,23H,1-2H3,(H,21,22)/b16-10+. The molecule has 0 aliphatic rings. The van der Waals surface area contributed by atoms with Gasteiger partial charge in [-0.15, -0.1) is 0 Å². The molecule has 3 aromatic rings. The van der Waals surface area contributed by atoms with E-state index in [0.717, 1.165) is 11.6 Å². The van der Waals surface area contributed by atoms with E-state index >= 15 is 0 Å². The zero-order valence-corrected chi connectivity index (χ0v) is 14.6. The zero-order valence-electron chi connectivity index (χ0n) is 14.6. The van der Waals surface area contributed by atoms with Crippen molar-refractivity contribution in [2.24, 2.45) is 0 Å². The van der Waals surface area contributed by atoms with Gasteiger partial charge in [0, 0.05) is 11.3 Å². The molecule has 3 N–H and O–H groups in total. The van der Waals surface area contributed by atoms with Gasteiger partial charge in [0.2, 0.25) is 0 Å². The number of nitrogens with one attached hydrogen (secondary N) is 2. The molecule has 0 saturated heterocycles. The van der Waals surface area contributed by atoms with E-state index in [1.165, 1.54) is 14.2 Å². The Morgan fingerprint density at radius 1 is 1.15 bits per heavy atom. The van der Waals surface area contributed by atoms with Crippen LogP contribution in [0.3, 0.4) is 0 Å². The minimum Gasteiger partial charge on any atom is -0.508 e. The molecule has 1 heterocycles. The first-order chi connectivity index (χ1) is 13.0. The summed E-state index contributed by atoms with van der Waals surface area (Å²) in [6, 6.07) is 11.9. The molecule has 0 bridgehead atoms. The summed E-state index contributed by atoms with van der Waals surface area (Å²) in [6.07, 6.45) is 1.02. The van der Waals surface area contributed by atoms with Crippen molar-refractivity contribution in [2.45, 2.75) is 0 Å². The predicted octanol–water partition coefficient (Wildman–Crippen LogP) is 2.58. The first kappa shape index (κ1) is 18.0. The predicted molar refractivity (Wildman–Crippen MR) is 98.9 cm³/mol. The Morgan fingerprint density at radius 2 is 1.96 bits per heavy atom. The van der Waals surface area contributed by atoms with Crippen LogP contribution in [0.4, 0.5) is 5.69 Å². The summed E-state index contributed by atoms with van der Waals surface area (Å²) >= 11 is 0. The number of anilines is 1. The second kappa shape index (κ2) is 7.61. The quantitative estimate of drug-likeness (QED) is 0.469. The fourth-order valence-electron chi connectivity index (χ4n) is 2.47. The molecular weight excluding hydrogens is 350 g/mol. The maximum Gasteiger partial charge on any atom is 0.354 e. The fourth-order valence-corrected chi connectivity index (χ4v) is 2.47. The van der Waals surface area contributed by atoms with Crippen LogP contribution in [-0.2, 0) is 19.1 Å². The topological polar surface area (TPSA) is 114 Å². The third-order valence-electron chi connectivity index (χ3n) is 3.75. The number of carbonyl (C=O) groups excluding carboxylic acids is 2. The van der Waals surface area contributed by atoms with Gasteiger partial charge in [0.1, 0.15) is 17.3 Å². The highest BCUT2D eigenvalue weighted by Gasteiger charge is 2.14. The molecule has 0 atom stereocenters. The van der Waals surface area contributed by atoms with Crippen LogP contribution in [0.15, 0.2) is 54.2 Å². The lowest BCUT2D eigenvalue weighted by molar-refractivity contribution is -0.138. The molecule has 0 aliphatic heterocycles. The van der Waals surface area contributed by atoms with Crippen molar-refractivity contribution < 1.29 is 24.2 Å². The SMILES string of the molecule is COC(=O)/C=C(/Nc1ccc2nc(-c3cccc(O)c3)[nH]c2c1)C(=O)OC. The van der Waals surface area contributed by atoms with Gasteiger partial charge in [-0.2, -0.15) is 0 Å². The number of carbonyl (C=O) groups is 2. The van der Waals surface area contributed by atoms with E-state index in [9.17, 15) is 14.7 Å². The number of fused-ring (bicyclic) bond motifs is 1. The average molecular weight is 367 g/mol. The molecule has 0 spiro atoms. The van der Waals surface area contributed by atoms with Crippen molar-refractivity contribution in [1.29, 1.82) is 0 Å². The van der Waals surface area contributed by atoms with E-state index in [0.29, 0.717) is 22.5 Å². The molecule has 8 heteroatoms. The second-order valence-corrected chi connectivity index (χ2v) is 5.57.